The van der Waals surface area contributed by atoms with Gasteiger partial charge in [-0.2, -0.15) is 4.39 Å². The summed E-state index contributed by atoms with van der Waals surface area (Å²) in [4.78, 5) is 47.2. The summed E-state index contributed by atoms with van der Waals surface area (Å²) in [7, 11) is 0. The Morgan fingerprint density at radius 1 is 1.33 bits per heavy atom. The highest BCUT2D eigenvalue weighted by Crippen LogP contribution is 2.40. The number of H-pyrrole nitrogens is 1. The van der Waals surface area contributed by atoms with E-state index in [0.717, 1.165) is 4.57 Å². The summed E-state index contributed by atoms with van der Waals surface area (Å²) in [5, 5.41) is 0. The zero-order chi connectivity index (χ0) is 15.1. The van der Waals surface area contributed by atoms with Gasteiger partial charge in [0.15, 0.2) is 0 Å². The van der Waals surface area contributed by atoms with Gasteiger partial charge in [-0.05, 0) is 6.08 Å². The van der Waals surface area contributed by atoms with E-state index in [1.54, 1.807) is 10.9 Å². The molecule has 1 aromatic heterocycles. The number of nitrogens with one attached hydrogen (secondary N) is 1. The fourth-order valence-corrected chi connectivity index (χ4v) is 2.31. The lowest BCUT2D eigenvalue weighted by molar-refractivity contribution is -0.146. The lowest BCUT2D eigenvalue weighted by atomic mass is 9.89. The van der Waals surface area contributed by atoms with Gasteiger partial charge in [-0.25, -0.2) is 9.59 Å². The largest absolute Gasteiger partial charge is 0.436 e. The number of rotatable bonds is 1. The highest BCUT2D eigenvalue weighted by molar-refractivity contribution is 5.87. The monoisotopic (exact) mass is 290 g/mol. The van der Waals surface area contributed by atoms with E-state index in [0.29, 0.717) is 11.8 Å². The number of ether oxygens (including phenoxy) is 1. The number of cyclic esters (lactones) is 1. The molecule has 1 aromatic rings. The van der Waals surface area contributed by atoms with Gasteiger partial charge in [-0.1, -0.05) is 12.2 Å². The Morgan fingerprint density at radius 2 is 2.10 bits per heavy atom. The van der Waals surface area contributed by atoms with E-state index < -0.39 is 35.2 Å². The molecule has 0 saturated carbocycles. The summed E-state index contributed by atoms with van der Waals surface area (Å²) < 4.78 is 19.1. The molecule has 7 nitrogen and oxygen atoms in total. The molecule has 1 N–H and O–H groups in total. The second kappa shape index (κ2) is 4.53. The SMILES string of the molecule is O=C=C1C=CC=C2C1C(=O)OC2n1cc(F)c(=O)[nH]c1=O. The van der Waals surface area contributed by atoms with Crippen molar-refractivity contribution >= 4 is 11.9 Å². The number of halogens is 1. The predicted octanol–water partition coefficient (Wildman–Crippen LogP) is -0.399. The van der Waals surface area contributed by atoms with Gasteiger partial charge in [0.2, 0.25) is 12.0 Å². The molecule has 2 aliphatic rings. The van der Waals surface area contributed by atoms with Gasteiger partial charge in [-0.3, -0.25) is 19.1 Å². The molecule has 1 saturated heterocycles. The first-order chi connectivity index (χ1) is 10.0. The zero-order valence-corrected chi connectivity index (χ0v) is 10.3. The van der Waals surface area contributed by atoms with Crippen LogP contribution in [0.2, 0.25) is 0 Å². The Morgan fingerprint density at radius 3 is 2.81 bits per heavy atom. The molecule has 2 unspecified atom stereocenters. The highest BCUT2D eigenvalue weighted by Gasteiger charge is 2.44. The van der Waals surface area contributed by atoms with Crippen LogP contribution in [0.5, 0.6) is 0 Å². The minimum Gasteiger partial charge on any atom is -0.436 e. The van der Waals surface area contributed by atoms with Crippen molar-refractivity contribution in [1.29, 1.82) is 0 Å². The zero-order valence-electron chi connectivity index (χ0n) is 10.3. The molecule has 0 amide bonds. The van der Waals surface area contributed by atoms with Crippen molar-refractivity contribution in [2.24, 2.45) is 5.92 Å². The standard InChI is InChI=1S/C13H7FN2O5/c14-8-4-16(13(20)15-10(8)18)11-7-3-1-2-6(5-17)9(7)12(19)21-11/h1-4,9,11H,(H,15,18,20). The summed E-state index contributed by atoms with van der Waals surface area (Å²) in [6, 6.07) is 0. The Balaban J connectivity index is 2.16. The van der Waals surface area contributed by atoms with Crippen LogP contribution in [0, 0.1) is 11.7 Å². The lowest BCUT2D eigenvalue weighted by Gasteiger charge is -2.16. The third-order valence-electron chi connectivity index (χ3n) is 3.25. The number of hydrogen-bond donors (Lipinski definition) is 1. The number of carbonyl (C=O) groups excluding carboxylic acids is 2. The fraction of sp³-hybridized carbons (Fsp3) is 0.154. The highest BCUT2D eigenvalue weighted by atomic mass is 19.1. The first kappa shape index (κ1) is 13.0. The van der Waals surface area contributed by atoms with Crippen molar-refractivity contribution in [3.63, 3.8) is 0 Å². The van der Waals surface area contributed by atoms with E-state index in [1.165, 1.54) is 18.2 Å². The van der Waals surface area contributed by atoms with Crippen molar-refractivity contribution in [2.75, 3.05) is 0 Å². The van der Waals surface area contributed by atoms with Crippen LogP contribution in [-0.2, 0) is 14.3 Å². The first-order valence-corrected chi connectivity index (χ1v) is 5.87. The normalized spacial score (nSPS) is 23.4. The van der Waals surface area contributed by atoms with E-state index in [9.17, 15) is 23.6 Å². The second-order valence-corrected chi connectivity index (χ2v) is 4.45. The third-order valence-corrected chi connectivity index (χ3v) is 3.25. The smallest absolute Gasteiger partial charge is 0.331 e. The van der Waals surface area contributed by atoms with Gasteiger partial charge in [0.05, 0.1) is 11.8 Å². The molecule has 2 atom stereocenters. The molecule has 8 heteroatoms. The number of esters is 1. The fourth-order valence-electron chi connectivity index (χ4n) is 2.31. The van der Waals surface area contributed by atoms with Crippen LogP contribution in [0.4, 0.5) is 4.39 Å². The van der Waals surface area contributed by atoms with Crippen molar-refractivity contribution in [1.82, 2.24) is 9.55 Å². The average Bonchev–Trinajstić information content (AvgIpc) is 2.80. The summed E-state index contributed by atoms with van der Waals surface area (Å²) in [5.74, 6) is -1.27. The van der Waals surface area contributed by atoms with E-state index in [-0.39, 0.29) is 5.57 Å². The number of allylic oxidation sites excluding steroid dienone is 3. The number of fused-ring (bicyclic) bond motifs is 1. The number of aromatic amines is 1. The van der Waals surface area contributed by atoms with Crippen molar-refractivity contribution in [3.8, 4) is 0 Å². The quantitative estimate of drug-likeness (QED) is 0.560. The first-order valence-electron chi connectivity index (χ1n) is 5.87. The Kier molecular flexibility index (Phi) is 2.81. The molecule has 0 aromatic carbocycles. The van der Waals surface area contributed by atoms with E-state index in [2.05, 4.69) is 0 Å². The number of carbonyl (C=O) groups is 1. The van der Waals surface area contributed by atoms with Gasteiger partial charge >= 0.3 is 11.7 Å². The van der Waals surface area contributed by atoms with Crippen LogP contribution in [0.15, 0.2) is 45.2 Å². The van der Waals surface area contributed by atoms with Gasteiger partial charge in [0.25, 0.3) is 5.56 Å². The van der Waals surface area contributed by atoms with E-state index >= 15 is 0 Å². The molecule has 0 spiro atoms. The van der Waals surface area contributed by atoms with Crippen molar-refractivity contribution < 1.29 is 18.7 Å². The van der Waals surface area contributed by atoms with E-state index in [4.69, 9.17) is 4.74 Å². The number of nitrogens with zero attached hydrogens (tertiary/aromatic N) is 1. The summed E-state index contributed by atoms with van der Waals surface area (Å²) in [6.07, 6.45) is 3.84. The molecule has 106 valence electrons. The molecule has 1 fully saturated rings. The molecule has 21 heavy (non-hydrogen) atoms. The molecular weight excluding hydrogens is 283 g/mol. The van der Waals surface area contributed by atoms with Crippen LogP contribution >= 0.6 is 0 Å². The number of aromatic nitrogens is 2. The van der Waals surface area contributed by atoms with E-state index in [1.807, 2.05) is 0 Å². The molecule has 1 aliphatic heterocycles. The lowest BCUT2D eigenvalue weighted by Crippen LogP contribution is -2.34. The summed E-state index contributed by atoms with van der Waals surface area (Å²) in [5.41, 5.74) is -1.72. The summed E-state index contributed by atoms with van der Waals surface area (Å²) >= 11 is 0. The van der Waals surface area contributed by atoms with Gasteiger partial charge in [0, 0.05) is 5.57 Å². The van der Waals surface area contributed by atoms with Crippen LogP contribution in [0.3, 0.4) is 0 Å². The molecule has 0 radical (unpaired) electrons. The van der Waals surface area contributed by atoms with Gasteiger partial charge in [0.1, 0.15) is 11.9 Å². The van der Waals surface area contributed by atoms with Crippen LogP contribution in [0.25, 0.3) is 0 Å². The maximum absolute atomic E-state index is 13.3. The topological polar surface area (TPSA) is 98.2 Å². The molecular formula is C13H7FN2O5. The second-order valence-electron chi connectivity index (χ2n) is 4.45. The molecule has 3 rings (SSSR count). The number of hydrogen-bond acceptors (Lipinski definition) is 5. The van der Waals surface area contributed by atoms with Crippen LogP contribution < -0.4 is 11.2 Å². The summed E-state index contributed by atoms with van der Waals surface area (Å²) in [6.45, 7) is 0. The third kappa shape index (κ3) is 1.89. The average molecular weight is 290 g/mol. The Labute approximate surface area is 115 Å². The van der Waals surface area contributed by atoms with Crippen molar-refractivity contribution in [2.45, 2.75) is 6.23 Å². The molecule has 0 bridgehead atoms. The Hall–Kier alpha value is -2.99. The van der Waals surface area contributed by atoms with Gasteiger partial charge in [-0.15, -0.1) is 0 Å². The van der Waals surface area contributed by atoms with Crippen molar-refractivity contribution in [3.05, 3.63) is 62.2 Å². The van der Waals surface area contributed by atoms with Crippen LogP contribution in [-0.4, -0.2) is 21.5 Å². The minimum atomic E-state index is -1.21. The minimum absolute atomic E-state index is 0.0675. The molecule has 1 aliphatic carbocycles. The maximum Gasteiger partial charge on any atom is 0.331 e. The predicted molar refractivity (Wildman–Crippen MR) is 66.3 cm³/mol. The maximum atomic E-state index is 13.3. The van der Waals surface area contributed by atoms with Gasteiger partial charge < -0.3 is 4.74 Å². The van der Waals surface area contributed by atoms with Crippen LogP contribution in [0.1, 0.15) is 6.23 Å². The molecule has 2 heterocycles. The Bertz CT molecular complexity index is 869.